The van der Waals surface area contributed by atoms with Crippen LogP contribution in [0.1, 0.15) is 46.3 Å². The van der Waals surface area contributed by atoms with Gasteiger partial charge in [0.15, 0.2) is 11.2 Å². The molecule has 1 aliphatic heterocycles. The van der Waals surface area contributed by atoms with E-state index in [1.807, 2.05) is 13.8 Å². The first-order valence-electron chi connectivity index (χ1n) is 10.1. The summed E-state index contributed by atoms with van der Waals surface area (Å²) in [5.74, 6) is -0.795. The summed E-state index contributed by atoms with van der Waals surface area (Å²) in [6.45, 7) is 7.00. The van der Waals surface area contributed by atoms with E-state index in [1.165, 1.54) is 6.33 Å². The number of ether oxygens (including phenoxy) is 3. The molecule has 0 bridgehead atoms. The van der Waals surface area contributed by atoms with Crippen molar-refractivity contribution in [1.82, 2.24) is 19.5 Å². The highest BCUT2D eigenvalue weighted by Gasteiger charge is 2.37. The average Bonchev–Trinajstić information content (AvgIpc) is 3.30. The molecule has 3 rings (SSSR count). The van der Waals surface area contributed by atoms with Crippen molar-refractivity contribution in [3.63, 3.8) is 0 Å². The number of Topliss-reactive ketones (excluding diaryl/α,β-unsaturated/α-hetero) is 1. The minimum Gasteiger partial charge on any atom is -0.379 e. The van der Waals surface area contributed by atoms with Crippen LogP contribution >= 0.6 is 0 Å². The van der Waals surface area contributed by atoms with E-state index in [-0.39, 0.29) is 47.9 Å². The van der Waals surface area contributed by atoms with Gasteiger partial charge in [0.05, 0.1) is 25.5 Å². The molecule has 2 aromatic heterocycles. The molecule has 1 aliphatic rings. The Morgan fingerprint density at radius 2 is 2.13 bits per heavy atom. The smallest absolute Gasteiger partial charge is 0.280 e. The molecule has 3 heterocycles. The number of rotatable bonds is 10. The van der Waals surface area contributed by atoms with Crippen LogP contribution in [-0.2, 0) is 23.8 Å². The fourth-order valence-electron chi connectivity index (χ4n) is 3.32. The minimum absolute atomic E-state index is 0.0478. The molecule has 1 fully saturated rings. The van der Waals surface area contributed by atoms with E-state index in [1.54, 1.807) is 11.5 Å². The minimum atomic E-state index is -0.541. The number of anilines is 1. The van der Waals surface area contributed by atoms with Crippen molar-refractivity contribution < 1.29 is 23.8 Å². The Hall–Kier alpha value is -2.63. The standard InChI is InChI=1S/C19H27N5O6/c1-4-11(25)7-14(26)21-19-22-17-16(18(27)23-19)20-10-24(17)15-8-12(29-6-3)13(30-15)9-28-5-2/h10,12-13,15H,4-9H2,1-3H3,(H2,21,22,23,26,27)/t12-,13-,15-/m1/s1. The summed E-state index contributed by atoms with van der Waals surface area (Å²) < 4.78 is 19.0. The average molecular weight is 421 g/mol. The summed E-state index contributed by atoms with van der Waals surface area (Å²) in [7, 11) is 0. The highest BCUT2D eigenvalue weighted by atomic mass is 16.6. The summed E-state index contributed by atoms with van der Waals surface area (Å²) in [6.07, 6.45) is 1.13. The van der Waals surface area contributed by atoms with Gasteiger partial charge in [-0.3, -0.25) is 29.3 Å². The van der Waals surface area contributed by atoms with Crippen molar-refractivity contribution in [2.75, 3.05) is 25.1 Å². The van der Waals surface area contributed by atoms with Crippen LogP contribution in [-0.4, -0.2) is 63.2 Å². The molecule has 0 unspecified atom stereocenters. The number of nitrogens with one attached hydrogen (secondary N) is 2. The van der Waals surface area contributed by atoms with E-state index >= 15 is 0 Å². The number of aromatic amines is 1. The number of H-pyrrole nitrogens is 1. The van der Waals surface area contributed by atoms with Crippen LogP contribution in [0, 0.1) is 0 Å². The number of ketones is 1. The second kappa shape index (κ2) is 9.92. The zero-order valence-electron chi connectivity index (χ0n) is 17.3. The predicted molar refractivity (Wildman–Crippen MR) is 107 cm³/mol. The molecule has 2 N–H and O–H groups in total. The van der Waals surface area contributed by atoms with E-state index in [0.29, 0.717) is 26.2 Å². The number of imidazole rings is 1. The first-order chi connectivity index (χ1) is 14.5. The van der Waals surface area contributed by atoms with Gasteiger partial charge in [-0.25, -0.2) is 4.98 Å². The summed E-state index contributed by atoms with van der Waals surface area (Å²) >= 11 is 0. The molecule has 1 saturated heterocycles. The van der Waals surface area contributed by atoms with Crippen LogP contribution in [0.15, 0.2) is 11.1 Å². The van der Waals surface area contributed by atoms with Crippen molar-refractivity contribution in [2.24, 2.45) is 0 Å². The van der Waals surface area contributed by atoms with Gasteiger partial charge in [-0.05, 0) is 13.8 Å². The third-order valence-electron chi connectivity index (χ3n) is 4.80. The van der Waals surface area contributed by atoms with E-state index in [0.717, 1.165) is 0 Å². The van der Waals surface area contributed by atoms with E-state index in [2.05, 4.69) is 20.3 Å². The monoisotopic (exact) mass is 421 g/mol. The maximum absolute atomic E-state index is 12.4. The topological polar surface area (TPSA) is 137 Å². The van der Waals surface area contributed by atoms with Gasteiger partial charge in [0.1, 0.15) is 18.1 Å². The quantitative estimate of drug-likeness (QED) is 0.545. The van der Waals surface area contributed by atoms with Crippen LogP contribution < -0.4 is 10.9 Å². The zero-order valence-corrected chi connectivity index (χ0v) is 17.3. The van der Waals surface area contributed by atoms with Crippen LogP contribution in [0.5, 0.6) is 0 Å². The number of fused-ring (bicyclic) bond motifs is 1. The number of hydrogen-bond donors (Lipinski definition) is 2. The molecule has 2 aromatic rings. The second-order valence-electron chi connectivity index (χ2n) is 6.87. The Kier molecular flexibility index (Phi) is 7.29. The lowest BCUT2D eigenvalue weighted by Crippen LogP contribution is -2.29. The fraction of sp³-hybridized carbons (Fsp3) is 0.632. The van der Waals surface area contributed by atoms with Gasteiger partial charge in [-0.1, -0.05) is 6.92 Å². The molecular formula is C19H27N5O6. The Bertz CT molecular complexity index is 955. The number of nitrogens with zero attached hydrogens (tertiary/aromatic N) is 3. The highest BCUT2D eigenvalue weighted by Crippen LogP contribution is 2.32. The van der Waals surface area contributed by atoms with Crippen molar-refractivity contribution in [3.8, 4) is 0 Å². The molecule has 0 spiro atoms. The Labute approximate surface area is 173 Å². The zero-order chi connectivity index (χ0) is 21.7. The van der Waals surface area contributed by atoms with Crippen LogP contribution in [0.3, 0.4) is 0 Å². The highest BCUT2D eigenvalue weighted by molar-refractivity contribution is 6.03. The SMILES string of the molecule is CCOC[C@H]1O[C@@H](n2cnc3c(=O)[nH]c(NC(=O)CC(=O)CC)nc32)C[C@H]1OCC. The van der Waals surface area contributed by atoms with Crippen molar-refractivity contribution in [1.29, 1.82) is 0 Å². The normalized spacial score (nSPS) is 21.2. The van der Waals surface area contributed by atoms with Crippen LogP contribution in [0.2, 0.25) is 0 Å². The summed E-state index contributed by atoms with van der Waals surface area (Å²) in [5, 5.41) is 2.46. The maximum atomic E-state index is 12.4. The number of carbonyl (C=O) groups excluding carboxylic acids is 2. The Balaban J connectivity index is 1.84. The van der Waals surface area contributed by atoms with Crippen LogP contribution in [0.25, 0.3) is 11.2 Å². The van der Waals surface area contributed by atoms with Gasteiger partial charge in [-0.2, -0.15) is 4.98 Å². The Morgan fingerprint density at radius 3 is 2.83 bits per heavy atom. The van der Waals surface area contributed by atoms with Crippen molar-refractivity contribution in [3.05, 3.63) is 16.7 Å². The first-order valence-corrected chi connectivity index (χ1v) is 10.1. The molecular weight excluding hydrogens is 394 g/mol. The van der Waals surface area contributed by atoms with Gasteiger partial charge in [-0.15, -0.1) is 0 Å². The maximum Gasteiger partial charge on any atom is 0.280 e. The first kappa shape index (κ1) is 22.1. The molecule has 1 amide bonds. The number of amides is 1. The summed E-state index contributed by atoms with van der Waals surface area (Å²) in [6, 6.07) is 0. The predicted octanol–water partition coefficient (Wildman–Crippen LogP) is 1.16. The lowest BCUT2D eigenvalue weighted by Gasteiger charge is -2.17. The van der Waals surface area contributed by atoms with Gasteiger partial charge in [0.2, 0.25) is 11.9 Å². The summed E-state index contributed by atoms with van der Waals surface area (Å²) in [4.78, 5) is 46.8. The number of carbonyl (C=O) groups is 2. The van der Waals surface area contributed by atoms with Gasteiger partial charge < -0.3 is 14.2 Å². The van der Waals surface area contributed by atoms with E-state index in [9.17, 15) is 14.4 Å². The fourth-order valence-corrected chi connectivity index (χ4v) is 3.32. The van der Waals surface area contributed by atoms with Gasteiger partial charge >= 0.3 is 0 Å². The molecule has 11 heteroatoms. The molecule has 30 heavy (non-hydrogen) atoms. The second-order valence-corrected chi connectivity index (χ2v) is 6.87. The van der Waals surface area contributed by atoms with Crippen molar-refractivity contribution >= 4 is 28.8 Å². The van der Waals surface area contributed by atoms with Gasteiger partial charge in [0, 0.05) is 26.1 Å². The molecule has 0 aromatic carbocycles. The molecule has 0 radical (unpaired) electrons. The summed E-state index contributed by atoms with van der Waals surface area (Å²) in [5.41, 5.74) is -0.100. The number of aromatic nitrogens is 4. The third-order valence-corrected chi connectivity index (χ3v) is 4.80. The molecule has 11 nitrogen and oxygen atoms in total. The number of hydrogen-bond acceptors (Lipinski definition) is 8. The lowest BCUT2D eigenvalue weighted by atomic mass is 10.2. The van der Waals surface area contributed by atoms with Crippen LogP contribution in [0.4, 0.5) is 5.95 Å². The molecule has 0 aliphatic carbocycles. The largest absolute Gasteiger partial charge is 0.379 e. The third kappa shape index (κ3) is 4.91. The Morgan fingerprint density at radius 1 is 1.33 bits per heavy atom. The molecule has 164 valence electrons. The molecule has 3 atom stereocenters. The molecule has 0 saturated carbocycles. The van der Waals surface area contributed by atoms with E-state index in [4.69, 9.17) is 14.2 Å². The van der Waals surface area contributed by atoms with Gasteiger partial charge in [0.25, 0.3) is 5.56 Å². The van der Waals surface area contributed by atoms with E-state index < -0.39 is 17.7 Å². The van der Waals surface area contributed by atoms with Crippen molar-refractivity contribution in [2.45, 2.75) is 58.5 Å². The lowest BCUT2D eigenvalue weighted by molar-refractivity contribution is -0.125.